The maximum absolute atomic E-state index is 6.64. The first kappa shape index (κ1) is 23.8. The van der Waals surface area contributed by atoms with E-state index in [9.17, 15) is 0 Å². The van der Waals surface area contributed by atoms with E-state index in [2.05, 4.69) is 107 Å². The first-order valence-electron chi connectivity index (χ1n) is 8.64. The summed E-state index contributed by atoms with van der Waals surface area (Å²) in [5, 5.41) is 0.478. The third-order valence-electron chi connectivity index (χ3n) is 5.57. The van der Waals surface area contributed by atoms with Crippen LogP contribution in [0.4, 0.5) is 0 Å². The molecule has 0 unspecified atom stereocenters. The van der Waals surface area contributed by atoms with Gasteiger partial charge in [-0.05, 0) is 40.3 Å². The fourth-order valence-corrected chi connectivity index (χ4v) is 4.45. The minimum atomic E-state index is -1.78. The number of hydrogen-bond acceptors (Lipinski definition) is 2. The Hall–Kier alpha value is 0.824. The first-order valence-corrected chi connectivity index (χ1v) is 15.7. The summed E-state index contributed by atoms with van der Waals surface area (Å²) in [6, 6.07) is 0. The average molecular weight is 471 g/mol. The van der Waals surface area contributed by atoms with Gasteiger partial charge in [-0.3, -0.25) is 0 Å². The van der Waals surface area contributed by atoms with Gasteiger partial charge in [0.1, 0.15) is 0 Å². The van der Waals surface area contributed by atoms with E-state index < -0.39 is 16.6 Å². The predicted molar refractivity (Wildman–Crippen MR) is 118 cm³/mol. The smallest absolute Gasteiger partial charge is 0.192 e. The summed E-state index contributed by atoms with van der Waals surface area (Å²) in [6.07, 6.45) is 2.33. The fourth-order valence-electron chi connectivity index (χ4n) is 1.58. The quantitative estimate of drug-likeness (QED) is 0.295. The van der Waals surface area contributed by atoms with Crippen molar-refractivity contribution in [2.24, 2.45) is 5.92 Å². The highest BCUT2D eigenvalue weighted by atomic mass is 127. The zero-order valence-corrected chi connectivity index (χ0v) is 21.4. The highest BCUT2D eigenvalue weighted by molar-refractivity contribution is 14.1. The predicted octanol–water partition coefficient (Wildman–Crippen LogP) is 6.98. The molecule has 0 aromatic rings. The zero-order valence-electron chi connectivity index (χ0n) is 17.2. The van der Waals surface area contributed by atoms with Crippen molar-refractivity contribution in [3.63, 3.8) is 0 Å². The van der Waals surface area contributed by atoms with Crippen LogP contribution in [0.2, 0.25) is 36.3 Å². The van der Waals surface area contributed by atoms with Gasteiger partial charge < -0.3 is 8.85 Å². The van der Waals surface area contributed by atoms with Crippen LogP contribution in [-0.2, 0) is 8.85 Å². The molecule has 0 aromatic heterocycles. The van der Waals surface area contributed by atoms with Crippen LogP contribution in [-0.4, -0.2) is 29.3 Å². The van der Waals surface area contributed by atoms with E-state index in [0.29, 0.717) is 5.92 Å². The molecule has 0 amide bonds. The lowest BCUT2D eigenvalue weighted by molar-refractivity contribution is 0.121. The van der Waals surface area contributed by atoms with E-state index in [0.717, 1.165) is 6.61 Å². The Morgan fingerprint density at radius 2 is 1.35 bits per heavy atom. The van der Waals surface area contributed by atoms with Crippen LogP contribution in [0.5, 0.6) is 0 Å². The molecule has 0 fully saturated rings. The van der Waals surface area contributed by atoms with Gasteiger partial charge in [-0.15, -0.1) is 0 Å². The van der Waals surface area contributed by atoms with Crippen molar-refractivity contribution in [3.8, 4) is 0 Å². The van der Waals surface area contributed by atoms with Crippen molar-refractivity contribution in [3.05, 3.63) is 10.2 Å². The van der Waals surface area contributed by atoms with Crippen molar-refractivity contribution in [2.45, 2.75) is 90.8 Å². The molecule has 0 rings (SSSR count). The molecule has 2 atom stereocenters. The van der Waals surface area contributed by atoms with Crippen molar-refractivity contribution in [1.29, 1.82) is 0 Å². The lowest BCUT2D eigenvalue weighted by Crippen LogP contribution is -2.47. The molecule has 0 aliphatic heterocycles. The molecule has 0 aromatic carbocycles. The summed E-state index contributed by atoms with van der Waals surface area (Å²) in [5.74, 6) is 0.365. The van der Waals surface area contributed by atoms with Gasteiger partial charge in [0.15, 0.2) is 16.6 Å². The van der Waals surface area contributed by atoms with Crippen LogP contribution < -0.4 is 0 Å². The molecule has 138 valence electrons. The number of rotatable bonds is 7. The Balaban J connectivity index is 5.00. The van der Waals surface area contributed by atoms with Gasteiger partial charge in [0, 0.05) is 12.5 Å². The van der Waals surface area contributed by atoms with E-state index in [-0.39, 0.29) is 16.2 Å². The third kappa shape index (κ3) is 7.30. The largest absolute Gasteiger partial charge is 0.416 e. The monoisotopic (exact) mass is 470 g/mol. The van der Waals surface area contributed by atoms with Crippen molar-refractivity contribution in [1.82, 2.24) is 0 Å². The summed E-state index contributed by atoms with van der Waals surface area (Å²) in [7, 11) is -3.48. The molecule has 0 saturated heterocycles. The molecule has 0 aliphatic rings. The fraction of sp³-hybridized carbons (Fsp3) is 0.889. The summed E-state index contributed by atoms with van der Waals surface area (Å²) in [4.78, 5) is 0. The highest BCUT2D eigenvalue weighted by Crippen LogP contribution is 2.39. The Bertz CT molecular complexity index is 393. The number of halogens is 1. The maximum Gasteiger partial charge on any atom is 0.192 e. The first-order chi connectivity index (χ1) is 10.0. The zero-order chi connectivity index (χ0) is 18.7. The molecule has 0 aliphatic carbocycles. The van der Waals surface area contributed by atoms with E-state index in [4.69, 9.17) is 8.85 Å². The molecular formula is C18H39IO2Si2. The number of hydrogen-bond donors (Lipinski definition) is 0. The summed E-state index contributed by atoms with van der Waals surface area (Å²) in [6.45, 7) is 26.1. The Morgan fingerprint density at radius 3 is 1.70 bits per heavy atom. The third-order valence-corrected chi connectivity index (χ3v) is 15.0. The molecule has 0 heterocycles. The van der Waals surface area contributed by atoms with Gasteiger partial charge in [0.2, 0.25) is 0 Å². The minimum Gasteiger partial charge on any atom is -0.416 e. The molecule has 5 heteroatoms. The summed E-state index contributed by atoms with van der Waals surface area (Å²) >= 11 is 2.29. The minimum absolute atomic E-state index is 0.137. The van der Waals surface area contributed by atoms with Gasteiger partial charge in [0.25, 0.3) is 0 Å². The molecule has 0 radical (unpaired) electrons. The van der Waals surface area contributed by atoms with Crippen molar-refractivity contribution in [2.75, 3.05) is 6.61 Å². The van der Waals surface area contributed by atoms with Crippen LogP contribution in [0.3, 0.4) is 0 Å². The Morgan fingerprint density at radius 1 is 0.913 bits per heavy atom. The second-order valence-electron chi connectivity index (χ2n) is 9.71. The molecule has 23 heavy (non-hydrogen) atoms. The molecule has 2 nitrogen and oxygen atoms in total. The molecular weight excluding hydrogens is 431 g/mol. The van der Waals surface area contributed by atoms with Crippen molar-refractivity contribution >= 4 is 39.2 Å². The Labute approximate surface area is 161 Å². The van der Waals surface area contributed by atoms with Crippen molar-refractivity contribution < 1.29 is 8.85 Å². The summed E-state index contributed by atoms with van der Waals surface area (Å²) < 4.78 is 15.1. The molecule has 0 N–H and O–H groups in total. The van der Waals surface area contributed by atoms with E-state index in [1.165, 1.54) is 0 Å². The normalized spacial score (nSPS) is 17.6. The average Bonchev–Trinajstić information content (AvgIpc) is 2.32. The van der Waals surface area contributed by atoms with E-state index in [1.807, 2.05) is 0 Å². The molecule has 0 spiro atoms. The molecule has 0 saturated carbocycles. The maximum atomic E-state index is 6.64. The highest BCUT2D eigenvalue weighted by Gasteiger charge is 2.41. The lowest BCUT2D eigenvalue weighted by Gasteiger charge is -2.41. The van der Waals surface area contributed by atoms with E-state index in [1.54, 1.807) is 0 Å². The van der Waals surface area contributed by atoms with Gasteiger partial charge in [-0.2, -0.15) is 0 Å². The molecule has 0 bridgehead atoms. The van der Waals surface area contributed by atoms with Gasteiger partial charge in [-0.25, -0.2) is 0 Å². The van der Waals surface area contributed by atoms with Crippen LogP contribution >= 0.6 is 22.6 Å². The summed E-state index contributed by atoms with van der Waals surface area (Å²) in [5.41, 5.74) is 0. The Kier molecular flexibility index (Phi) is 8.77. The van der Waals surface area contributed by atoms with Crippen LogP contribution in [0.1, 0.15) is 48.5 Å². The standard InChI is InChI=1S/C18H39IO2Si2/c1-15(14-20-22(8,9)17(2,3)4)16(12-13-19)21-23(10,11)18(5,6)7/h12-13,15-16H,14H2,1-11H3/b13-12+/t15-,16+/m0/s1. The second-order valence-corrected chi connectivity index (χ2v) is 20.0. The topological polar surface area (TPSA) is 18.5 Å². The lowest BCUT2D eigenvalue weighted by atomic mass is 10.1. The van der Waals surface area contributed by atoms with Crippen LogP contribution in [0.15, 0.2) is 10.2 Å². The second kappa shape index (κ2) is 8.47. The SMILES string of the molecule is C[C@@H](CO[Si](C)(C)C(C)(C)C)[C@@H](/C=C/I)O[Si](C)(C)C(C)(C)C. The van der Waals surface area contributed by atoms with Crippen LogP contribution in [0.25, 0.3) is 0 Å². The van der Waals surface area contributed by atoms with Gasteiger partial charge in [-0.1, -0.05) is 77.1 Å². The van der Waals surface area contributed by atoms with Crippen LogP contribution in [0, 0.1) is 5.92 Å². The van der Waals surface area contributed by atoms with Gasteiger partial charge >= 0.3 is 0 Å². The van der Waals surface area contributed by atoms with Gasteiger partial charge in [0.05, 0.1) is 6.10 Å². The van der Waals surface area contributed by atoms with E-state index >= 15 is 0 Å².